The number of aromatic nitrogens is 1. The Labute approximate surface area is 240 Å². The van der Waals surface area contributed by atoms with Crippen molar-refractivity contribution in [2.45, 2.75) is 12.7 Å². The highest BCUT2D eigenvalue weighted by Crippen LogP contribution is 2.29. The number of sulfone groups is 1. The zero-order chi connectivity index (χ0) is 29.6. The molecule has 1 aliphatic heterocycles. The van der Waals surface area contributed by atoms with Gasteiger partial charge in [0, 0.05) is 81.5 Å². The number of ether oxygens (including phenoxy) is 1. The smallest absolute Gasteiger partial charge is 0.258 e. The number of nitrogens with zero attached hydrogens (tertiary/aromatic N) is 5. The van der Waals surface area contributed by atoms with Gasteiger partial charge in [0.25, 0.3) is 5.91 Å². The molecule has 1 aliphatic rings. The summed E-state index contributed by atoms with van der Waals surface area (Å²) in [5.41, 5.74) is 3.05. The highest BCUT2D eigenvalue weighted by molar-refractivity contribution is 7.89. The van der Waals surface area contributed by atoms with Gasteiger partial charge in [-0.25, -0.2) is 8.42 Å². The first kappa shape index (κ1) is 29.7. The lowest BCUT2D eigenvalue weighted by atomic mass is 10.0. The molecule has 1 fully saturated rings. The number of amides is 2. The van der Waals surface area contributed by atoms with E-state index in [-0.39, 0.29) is 17.6 Å². The molecule has 0 atom stereocenters. The fourth-order valence-electron chi connectivity index (χ4n) is 4.68. The van der Waals surface area contributed by atoms with Gasteiger partial charge in [-0.3, -0.25) is 19.5 Å². The van der Waals surface area contributed by atoms with E-state index in [1.165, 1.54) is 4.90 Å². The Kier molecular flexibility index (Phi) is 9.37. The van der Waals surface area contributed by atoms with Crippen molar-refractivity contribution in [3.05, 3.63) is 77.5 Å². The van der Waals surface area contributed by atoms with Crippen LogP contribution in [0.25, 0.3) is 11.3 Å². The number of anilines is 1. The molecule has 41 heavy (non-hydrogen) atoms. The van der Waals surface area contributed by atoms with E-state index >= 15 is 0 Å². The Balaban J connectivity index is 1.53. The van der Waals surface area contributed by atoms with Crippen LogP contribution in [0.5, 0.6) is 5.75 Å². The molecule has 11 heteroatoms. The van der Waals surface area contributed by atoms with Gasteiger partial charge in [-0.1, -0.05) is 12.1 Å². The van der Waals surface area contributed by atoms with Crippen LogP contribution in [0.1, 0.15) is 28.4 Å². The molecule has 1 aromatic heterocycles. The third kappa shape index (κ3) is 7.68. The second kappa shape index (κ2) is 12.9. The molecular weight excluding hydrogens is 542 g/mol. The molecule has 0 N–H and O–H groups in total. The van der Waals surface area contributed by atoms with E-state index in [1.54, 1.807) is 73.6 Å². The summed E-state index contributed by atoms with van der Waals surface area (Å²) in [4.78, 5) is 34.9. The molecule has 0 aliphatic carbocycles. The molecule has 0 unspecified atom stereocenters. The molecule has 3 aromatic rings. The van der Waals surface area contributed by atoms with Gasteiger partial charge in [0.2, 0.25) is 5.91 Å². The molecule has 2 heterocycles. The Morgan fingerprint density at radius 2 is 1.83 bits per heavy atom. The number of hydrogen-bond acceptors (Lipinski definition) is 8. The maximum atomic E-state index is 13.5. The standard InChI is InChI=1S/C30H33N5O5S/c1-22(36)35-14-12-34(13-15-35)16-17-40-29-18-23(7-8-25(29)21-41(3,38)39)30(37)33(2)26-10-9-24(20-31)27(19-26)28-6-4-5-11-32-28/h4-11,18-19H,12-17,21H2,1-3H3. The molecule has 2 aromatic carbocycles. The van der Waals surface area contributed by atoms with Crippen molar-refractivity contribution in [2.75, 3.05) is 57.5 Å². The molecule has 1 saturated heterocycles. The van der Waals surface area contributed by atoms with Crippen molar-refractivity contribution in [1.29, 1.82) is 5.26 Å². The lowest BCUT2D eigenvalue weighted by molar-refractivity contribution is -0.130. The van der Waals surface area contributed by atoms with Gasteiger partial charge in [-0.2, -0.15) is 5.26 Å². The van der Waals surface area contributed by atoms with Crippen LogP contribution < -0.4 is 9.64 Å². The number of nitriles is 1. The normalized spacial score (nSPS) is 13.9. The molecule has 10 nitrogen and oxygen atoms in total. The first-order chi connectivity index (χ1) is 19.6. The molecule has 2 amide bonds. The van der Waals surface area contributed by atoms with Gasteiger partial charge < -0.3 is 14.5 Å². The van der Waals surface area contributed by atoms with Crippen molar-refractivity contribution in [3.63, 3.8) is 0 Å². The van der Waals surface area contributed by atoms with Crippen LogP contribution in [0.3, 0.4) is 0 Å². The number of pyridine rings is 1. The van der Waals surface area contributed by atoms with Gasteiger partial charge >= 0.3 is 0 Å². The molecule has 214 valence electrons. The number of hydrogen-bond donors (Lipinski definition) is 0. The quantitative estimate of drug-likeness (QED) is 0.382. The fourth-order valence-corrected chi connectivity index (χ4v) is 5.48. The van der Waals surface area contributed by atoms with Crippen LogP contribution in [0.15, 0.2) is 60.8 Å². The van der Waals surface area contributed by atoms with E-state index in [0.717, 1.165) is 19.3 Å². The van der Waals surface area contributed by atoms with Crippen LogP contribution in [0, 0.1) is 11.3 Å². The Morgan fingerprint density at radius 3 is 2.46 bits per heavy atom. The average molecular weight is 576 g/mol. The van der Waals surface area contributed by atoms with Crippen LogP contribution in [-0.2, 0) is 20.4 Å². The molecule has 0 spiro atoms. The maximum absolute atomic E-state index is 13.5. The average Bonchev–Trinajstić information content (AvgIpc) is 2.96. The predicted molar refractivity (Wildman–Crippen MR) is 156 cm³/mol. The Hall–Kier alpha value is -4.27. The van der Waals surface area contributed by atoms with E-state index in [2.05, 4.69) is 16.0 Å². The fraction of sp³-hybridized carbons (Fsp3) is 0.333. The largest absolute Gasteiger partial charge is 0.492 e. The minimum atomic E-state index is -3.35. The first-order valence-corrected chi connectivity index (χ1v) is 15.3. The van der Waals surface area contributed by atoms with Crippen molar-refractivity contribution >= 4 is 27.3 Å². The summed E-state index contributed by atoms with van der Waals surface area (Å²) in [7, 11) is -1.71. The maximum Gasteiger partial charge on any atom is 0.258 e. The summed E-state index contributed by atoms with van der Waals surface area (Å²) in [6.45, 7) is 5.23. The zero-order valence-electron chi connectivity index (χ0n) is 23.4. The SMILES string of the molecule is CC(=O)N1CCN(CCOc2cc(C(=O)N(C)c3ccc(C#N)c(-c4ccccn4)c3)ccc2CS(C)(=O)=O)CC1. The van der Waals surface area contributed by atoms with Crippen LogP contribution in [0.2, 0.25) is 0 Å². The van der Waals surface area contributed by atoms with Crippen molar-refractivity contribution in [2.24, 2.45) is 0 Å². The summed E-state index contributed by atoms with van der Waals surface area (Å²) in [5, 5.41) is 9.59. The molecule has 0 radical (unpaired) electrons. The number of carbonyl (C=O) groups is 2. The number of benzene rings is 2. The molecule has 0 bridgehead atoms. The third-order valence-corrected chi connectivity index (χ3v) is 7.81. The monoisotopic (exact) mass is 575 g/mol. The van der Waals surface area contributed by atoms with E-state index in [4.69, 9.17) is 4.74 Å². The van der Waals surface area contributed by atoms with Crippen molar-refractivity contribution < 1.29 is 22.7 Å². The van der Waals surface area contributed by atoms with Crippen molar-refractivity contribution in [3.8, 4) is 23.1 Å². The number of rotatable bonds is 9. The zero-order valence-corrected chi connectivity index (χ0v) is 24.2. The van der Waals surface area contributed by atoms with E-state index in [9.17, 15) is 23.3 Å². The molecule has 4 rings (SSSR count). The lowest BCUT2D eigenvalue weighted by Gasteiger charge is -2.34. The van der Waals surface area contributed by atoms with Gasteiger partial charge in [0.15, 0.2) is 9.84 Å². The van der Waals surface area contributed by atoms with E-state index < -0.39 is 9.84 Å². The summed E-state index contributed by atoms with van der Waals surface area (Å²) in [6.07, 6.45) is 2.80. The van der Waals surface area contributed by atoms with E-state index in [0.29, 0.717) is 65.6 Å². The van der Waals surface area contributed by atoms with Gasteiger partial charge in [0.05, 0.1) is 23.1 Å². The van der Waals surface area contributed by atoms with Crippen LogP contribution in [0.4, 0.5) is 5.69 Å². The van der Waals surface area contributed by atoms with Crippen LogP contribution in [-0.4, -0.2) is 87.7 Å². The van der Waals surface area contributed by atoms with Crippen molar-refractivity contribution in [1.82, 2.24) is 14.8 Å². The number of piperazine rings is 1. The number of carbonyl (C=O) groups excluding carboxylic acids is 2. The highest BCUT2D eigenvalue weighted by Gasteiger charge is 2.21. The van der Waals surface area contributed by atoms with Gasteiger partial charge in [-0.15, -0.1) is 0 Å². The van der Waals surface area contributed by atoms with Gasteiger partial charge in [-0.05, 0) is 42.5 Å². The third-order valence-electron chi connectivity index (χ3n) is 6.97. The summed E-state index contributed by atoms with van der Waals surface area (Å²) >= 11 is 0. The second-order valence-electron chi connectivity index (χ2n) is 10.0. The highest BCUT2D eigenvalue weighted by atomic mass is 32.2. The molecular formula is C30H33N5O5S. The Morgan fingerprint density at radius 1 is 1.07 bits per heavy atom. The summed E-state index contributed by atoms with van der Waals surface area (Å²) in [5.74, 6) is -0.136. The summed E-state index contributed by atoms with van der Waals surface area (Å²) < 4.78 is 30.2. The van der Waals surface area contributed by atoms with Crippen LogP contribution >= 0.6 is 0 Å². The lowest BCUT2D eigenvalue weighted by Crippen LogP contribution is -2.48. The second-order valence-corrected chi connectivity index (χ2v) is 12.1. The minimum absolute atomic E-state index is 0.0618. The molecule has 0 saturated carbocycles. The topological polar surface area (TPSA) is 124 Å². The summed E-state index contributed by atoms with van der Waals surface area (Å²) in [6, 6.07) is 17.5. The van der Waals surface area contributed by atoms with Gasteiger partial charge in [0.1, 0.15) is 12.4 Å². The van der Waals surface area contributed by atoms with E-state index in [1.807, 2.05) is 6.07 Å². The Bertz CT molecular complexity index is 1560. The predicted octanol–water partition coefficient (Wildman–Crippen LogP) is 2.98. The minimum Gasteiger partial charge on any atom is -0.492 e. The first-order valence-electron chi connectivity index (χ1n) is 13.2.